The number of aryl methyl sites for hydroxylation is 1. The van der Waals surface area contributed by atoms with E-state index in [-0.39, 0.29) is 11.7 Å². The Morgan fingerprint density at radius 1 is 1.17 bits per heavy atom. The highest BCUT2D eigenvalue weighted by atomic mass is 16.2. The first-order chi connectivity index (χ1) is 11.2. The van der Waals surface area contributed by atoms with Crippen LogP contribution in [-0.4, -0.2) is 38.6 Å². The summed E-state index contributed by atoms with van der Waals surface area (Å²) in [6.07, 6.45) is 2.46. The molecule has 0 atom stereocenters. The van der Waals surface area contributed by atoms with Gasteiger partial charge in [0.25, 0.3) is 11.7 Å². The fourth-order valence-electron chi connectivity index (χ4n) is 2.16. The van der Waals surface area contributed by atoms with Crippen LogP contribution in [0.1, 0.15) is 22.7 Å². The normalized spacial score (nSPS) is 10.7. The first kappa shape index (κ1) is 15.0. The van der Waals surface area contributed by atoms with E-state index in [0.717, 1.165) is 24.3 Å². The zero-order chi connectivity index (χ0) is 16.1. The highest BCUT2D eigenvalue weighted by molar-refractivity contribution is 5.90. The Bertz CT molecular complexity index is 799. The SMILES string of the molecule is Cc1ccnc2nc(C(=O)NCCCNc3ccccc3)nn12. The van der Waals surface area contributed by atoms with Crippen LogP contribution >= 0.6 is 0 Å². The summed E-state index contributed by atoms with van der Waals surface area (Å²) < 4.78 is 1.56. The second-order valence-corrected chi connectivity index (χ2v) is 5.14. The van der Waals surface area contributed by atoms with E-state index in [1.165, 1.54) is 0 Å². The largest absolute Gasteiger partial charge is 0.385 e. The van der Waals surface area contributed by atoms with Gasteiger partial charge in [-0.05, 0) is 31.5 Å². The van der Waals surface area contributed by atoms with Gasteiger partial charge in [-0.2, -0.15) is 4.98 Å². The average Bonchev–Trinajstić information content (AvgIpc) is 3.01. The molecule has 0 aliphatic carbocycles. The third-order valence-electron chi connectivity index (χ3n) is 3.38. The minimum atomic E-state index is -0.283. The standard InChI is InChI=1S/C16H18N6O/c1-12-8-11-19-16-20-14(21-22(12)16)15(23)18-10-5-9-17-13-6-3-2-4-7-13/h2-4,6-8,11,17H,5,9-10H2,1H3,(H,18,23). The Labute approximate surface area is 133 Å². The summed E-state index contributed by atoms with van der Waals surface area (Å²) in [6, 6.07) is 11.8. The molecule has 23 heavy (non-hydrogen) atoms. The van der Waals surface area contributed by atoms with Crippen molar-refractivity contribution in [3.63, 3.8) is 0 Å². The van der Waals surface area contributed by atoms with Gasteiger partial charge in [0.15, 0.2) is 0 Å². The number of hydrogen-bond acceptors (Lipinski definition) is 5. The lowest BCUT2D eigenvalue weighted by atomic mass is 10.3. The van der Waals surface area contributed by atoms with Crippen LogP contribution in [0.3, 0.4) is 0 Å². The molecule has 1 aromatic carbocycles. The molecule has 1 amide bonds. The molecule has 0 aliphatic rings. The van der Waals surface area contributed by atoms with Gasteiger partial charge in [0.2, 0.25) is 5.82 Å². The number of carbonyl (C=O) groups excluding carboxylic acids is 1. The fourth-order valence-corrected chi connectivity index (χ4v) is 2.16. The second-order valence-electron chi connectivity index (χ2n) is 5.14. The molecular formula is C16H18N6O. The maximum Gasteiger partial charge on any atom is 0.291 e. The number of aromatic nitrogens is 4. The first-order valence-electron chi connectivity index (χ1n) is 7.49. The van der Waals surface area contributed by atoms with E-state index in [0.29, 0.717) is 12.3 Å². The molecule has 3 aromatic rings. The summed E-state index contributed by atoms with van der Waals surface area (Å²) in [6.45, 7) is 3.23. The number of benzene rings is 1. The summed E-state index contributed by atoms with van der Waals surface area (Å²) in [5.41, 5.74) is 1.95. The van der Waals surface area contributed by atoms with Gasteiger partial charge in [0.1, 0.15) is 0 Å². The quantitative estimate of drug-likeness (QED) is 0.677. The molecule has 2 aromatic heterocycles. The Morgan fingerprint density at radius 2 is 2.00 bits per heavy atom. The van der Waals surface area contributed by atoms with E-state index in [4.69, 9.17) is 0 Å². The molecule has 0 saturated carbocycles. The number of rotatable bonds is 6. The third-order valence-corrected chi connectivity index (χ3v) is 3.38. The predicted molar refractivity (Wildman–Crippen MR) is 87.4 cm³/mol. The summed E-state index contributed by atoms with van der Waals surface area (Å²) in [5.74, 6) is 0.290. The van der Waals surface area contributed by atoms with E-state index >= 15 is 0 Å². The maximum absolute atomic E-state index is 12.1. The Morgan fingerprint density at radius 3 is 2.78 bits per heavy atom. The van der Waals surface area contributed by atoms with Crippen molar-refractivity contribution >= 4 is 17.4 Å². The summed E-state index contributed by atoms with van der Waals surface area (Å²) >= 11 is 0. The molecule has 0 radical (unpaired) electrons. The van der Waals surface area contributed by atoms with Gasteiger partial charge in [0.05, 0.1) is 0 Å². The molecule has 0 fully saturated rings. The molecule has 3 rings (SSSR count). The fraction of sp³-hybridized carbons (Fsp3) is 0.250. The number of para-hydroxylation sites is 1. The lowest BCUT2D eigenvalue weighted by Crippen LogP contribution is -2.26. The number of nitrogens with one attached hydrogen (secondary N) is 2. The van der Waals surface area contributed by atoms with Crippen molar-refractivity contribution in [3.8, 4) is 0 Å². The second kappa shape index (κ2) is 6.87. The minimum Gasteiger partial charge on any atom is -0.385 e. The van der Waals surface area contributed by atoms with Crippen molar-refractivity contribution in [2.24, 2.45) is 0 Å². The van der Waals surface area contributed by atoms with E-state index in [1.807, 2.05) is 43.3 Å². The van der Waals surface area contributed by atoms with Crippen molar-refractivity contribution in [2.45, 2.75) is 13.3 Å². The number of hydrogen-bond donors (Lipinski definition) is 2. The van der Waals surface area contributed by atoms with E-state index in [1.54, 1.807) is 10.7 Å². The van der Waals surface area contributed by atoms with Crippen LogP contribution in [0.15, 0.2) is 42.6 Å². The van der Waals surface area contributed by atoms with Gasteiger partial charge in [-0.3, -0.25) is 4.79 Å². The monoisotopic (exact) mass is 310 g/mol. The Balaban J connectivity index is 1.48. The minimum absolute atomic E-state index is 0.141. The van der Waals surface area contributed by atoms with Crippen LogP contribution in [0.25, 0.3) is 5.78 Å². The molecule has 0 unspecified atom stereocenters. The number of carbonyl (C=O) groups is 1. The van der Waals surface area contributed by atoms with Crippen LogP contribution in [-0.2, 0) is 0 Å². The summed E-state index contributed by atoms with van der Waals surface area (Å²) in [7, 11) is 0. The molecule has 7 nitrogen and oxygen atoms in total. The third kappa shape index (κ3) is 3.63. The molecule has 118 valence electrons. The molecule has 2 N–H and O–H groups in total. The van der Waals surface area contributed by atoms with Gasteiger partial charge >= 0.3 is 0 Å². The lowest BCUT2D eigenvalue weighted by molar-refractivity contribution is 0.0943. The highest BCUT2D eigenvalue weighted by Crippen LogP contribution is 2.04. The van der Waals surface area contributed by atoms with Crippen LogP contribution in [0, 0.1) is 6.92 Å². The number of fused-ring (bicyclic) bond motifs is 1. The molecule has 0 aliphatic heterocycles. The van der Waals surface area contributed by atoms with Crippen molar-refractivity contribution in [3.05, 3.63) is 54.1 Å². The number of anilines is 1. The first-order valence-corrected chi connectivity index (χ1v) is 7.49. The number of nitrogens with zero attached hydrogens (tertiary/aromatic N) is 4. The van der Waals surface area contributed by atoms with Crippen molar-refractivity contribution in [1.29, 1.82) is 0 Å². The zero-order valence-electron chi connectivity index (χ0n) is 12.9. The Hall–Kier alpha value is -2.96. The zero-order valence-corrected chi connectivity index (χ0v) is 12.9. The predicted octanol–water partition coefficient (Wildman–Crippen LogP) is 1.66. The lowest BCUT2D eigenvalue weighted by Gasteiger charge is -2.06. The summed E-state index contributed by atoms with van der Waals surface area (Å²) in [5, 5.41) is 10.3. The highest BCUT2D eigenvalue weighted by Gasteiger charge is 2.13. The molecule has 0 saturated heterocycles. The Kier molecular flexibility index (Phi) is 4.46. The van der Waals surface area contributed by atoms with Crippen LogP contribution in [0.5, 0.6) is 0 Å². The molecular weight excluding hydrogens is 292 g/mol. The van der Waals surface area contributed by atoms with Gasteiger partial charge < -0.3 is 10.6 Å². The van der Waals surface area contributed by atoms with Gasteiger partial charge in [-0.25, -0.2) is 9.50 Å². The van der Waals surface area contributed by atoms with Gasteiger partial charge in [0, 0.05) is 30.7 Å². The van der Waals surface area contributed by atoms with Crippen molar-refractivity contribution in [1.82, 2.24) is 24.9 Å². The topological polar surface area (TPSA) is 84.2 Å². The van der Waals surface area contributed by atoms with Crippen LogP contribution in [0.2, 0.25) is 0 Å². The number of amides is 1. The smallest absolute Gasteiger partial charge is 0.291 e. The molecule has 7 heteroatoms. The van der Waals surface area contributed by atoms with Crippen molar-refractivity contribution < 1.29 is 4.79 Å². The van der Waals surface area contributed by atoms with Gasteiger partial charge in [-0.1, -0.05) is 18.2 Å². The molecule has 0 spiro atoms. The van der Waals surface area contributed by atoms with E-state index in [9.17, 15) is 4.79 Å². The van der Waals surface area contributed by atoms with E-state index in [2.05, 4.69) is 25.7 Å². The average molecular weight is 310 g/mol. The van der Waals surface area contributed by atoms with Crippen molar-refractivity contribution in [2.75, 3.05) is 18.4 Å². The van der Waals surface area contributed by atoms with Crippen LogP contribution in [0.4, 0.5) is 5.69 Å². The molecule has 0 bridgehead atoms. The maximum atomic E-state index is 12.1. The van der Waals surface area contributed by atoms with E-state index < -0.39 is 0 Å². The van der Waals surface area contributed by atoms with Crippen LogP contribution < -0.4 is 10.6 Å². The summed E-state index contributed by atoms with van der Waals surface area (Å²) in [4.78, 5) is 20.3. The molecule has 2 heterocycles. The van der Waals surface area contributed by atoms with Gasteiger partial charge in [-0.15, -0.1) is 5.10 Å².